The Morgan fingerprint density at radius 1 is 1.33 bits per heavy atom. The van der Waals surface area contributed by atoms with Crippen LogP contribution in [-0.2, 0) is 9.47 Å². The fraction of sp³-hybridized carbons (Fsp3) is 0.211. The van der Waals surface area contributed by atoms with Gasteiger partial charge < -0.3 is 9.47 Å². The van der Waals surface area contributed by atoms with Crippen molar-refractivity contribution in [1.82, 2.24) is 15.2 Å². The predicted octanol–water partition coefficient (Wildman–Crippen LogP) is 3.25. The van der Waals surface area contributed by atoms with E-state index in [0.717, 1.165) is 0 Å². The molecule has 1 atom stereocenters. The second-order valence-corrected chi connectivity index (χ2v) is 6.11. The number of aromatic nitrogens is 3. The molecule has 1 aliphatic heterocycles. The third-order valence-electron chi connectivity index (χ3n) is 4.34. The van der Waals surface area contributed by atoms with E-state index in [1.54, 1.807) is 24.5 Å². The Labute approximate surface area is 154 Å². The van der Waals surface area contributed by atoms with Crippen molar-refractivity contribution in [3.63, 3.8) is 0 Å². The van der Waals surface area contributed by atoms with E-state index < -0.39 is 11.9 Å². The van der Waals surface area contributed by atoms with Gasteiger partial charge in [0, 0.05) is 24.4 Å². The number of cyclic esters (lactones) is 1. The Kier molecular flexibility index (Phi) is 4.55. The van der Waals surface area contributed by atoms with Gasteiger partial charge in [-0.05, 0) is 30.3 Å². The number of carbonyl (C=O) groups excluding carboxylic acids is 1. The van der Waals surface area contributed by atoms with Gasteiger partial charge >= 0.3 is 6.09 Å². The maximum atomic E-state index is 14.9. The van der Waals surface area contributed by atoms with Gasteiger partial charge in [0.15, 0.2) is 0 Å². The Balaban J connectivity index is 1.64. The molecule has 7 nitrogen and oxygen atoms in total. The number of carbonyl (C=O) groups is 1. The average Bonchev–Trinajstić information content (AvgIpc) is 3.29. The van der Waals surface area contributed by atoms with Crippen molar-refractivity contribution in [1.29, 1.82) is 0 Å². The summed E-state index contributed by atoms with van der Waals surface area (Å²) in [5.74, 6) is -0.475. The molecule has 8 heteroatoms. The Morgan fingerprint density at radius 2 is 2.22 bits per heavy atom. The van der Waals surface area contributed by atoms with Crippen LogP contribution < -0.4 is 4.90 Å². The van der Waals surface area contributed by atoms with Gasteiger partial charge in [0.2, 0.25) is 0 Å². The Hall–Kier alpha value is -3.26. The molecule has 1 amide bonds. The molecule has 1 aromatic carbocycles. The molecule has 0 aliphatic carbocycles. The SMILES string of the molecule is COCC1CN(c2ccc(-c3[nH]ncc3-c3ccccn3)c(F)c2)C(=O)O1. The number of halogens is 1. The van der Waals surface area contributed by atoms with Gasteiger partial charge in [-0.1, -0.05) is 6.07 Å². The molecule has 1 unspecified atom stereocenters. The number of hydrogen-bond acceptors (Lipinski definition) is 5. The number of anilines is 1. The highest BCUT2D eigenvalue weighted by Gasteiger charge is 2.32. The van der Waals surface area contributed by atoms with Crippen molar-refractivity contribution in [2.75, 3.05) is 25.2 Å². The van der Waals surface area contributed by atoms with E-state index in [4.69, 9.17) is 9.47 Å². The summed E-state index contributed by atoms with van der Waals surface area (Å²) in [6.45, 7) is 0.610. The highest BCUT2D eigenvalue weighted by atomic mass is 19.1. The summed E-state index contributed by atoms with van der Waals surface area (Å²) in [6.07, 6.45) is 2.40. The molecular formula is C19H17FN4O3. The summed E-state index contributed by atoms with van der Waals surface area (Å²) in [6, 6.07) is 10.1. The van der Waals surface area contributed by atoms with E-state index in [2.05, 4.69) is 15.2 Å². The smallest absolute Gasteiger partial charge is 0.414 e. The minimum Gasteiger partial charge on any atom is -0.441 e. The zero-order valence-corrected chi connectivity index (χ0v) is 14.6. The number of nitrogens with zero attached hydrogens (tertiary/aromatic N) is 3. The molecule has 138 valence electrons. The van der Waals surface area contributed by atoms with E-state index in [1.807, 2.05) is 18.2 Å². The van der Waals surface area contributed by atoms with Crippen molar-refractivity contribution >= 4 is 11.8 Å². The molecule has 1 aliphatic rings. The van der Waals surface area contributed by atoms with Gasteiger partial charge in [-0.25, -0.2) is 9.18 Å². The van der Waals surface area contributed by atoms with Crippen LogP contribution in [0.1, 0.15) is 0 Å². The first-order valence-electron chi connectivity index (χ1n) is 8.39. The largest absolute Gasteiger partial charge is 0.441 e. The highest BCUT2D eigenvalue weighted by molar-refractivity contribution is 5.90. The van der Waals surface area contributed by atoms with Crippen molar-refractivity contribution in [2.24, 2.45) is 0 Å². The second kappa shape index (κ2) is 7.16. The van der Waals surface area contributed by atoms with Crippen molar-refractivity contribution < 1.29 is 18.7 Å². The lowest BCUT2D eigenvalue weighted by Gasteiger charge is -2.14. The first kappa shape index (κ1) is 17.2. The lowest BCUT2D eigenvalue weighted by atomic mass is 10.0. The van der Waals surface area contributed by atoms with Gasteiger partial charge in [-0.2, -0.15) is 5.10 Å². The van der Waals surface area contributed by atoms with Crippen LogP contribution in [0, 0.1) is 5.82 Å². The van der Waals surface area contributed by atoms with Crippen molar-refractivity contribution in [3.8, 4) is 22.5 Å². The molecule has 2 aromatic heterocycles. The van der Waals surface area contributed by atoms with Gasteiger partial charge in [0.25, 0.3) is 0 Å². The van der Waals surface area contributed by atoms with Crippen molar-refractivity contribution in [2.45, 2.75) is 6.10 Å². The number of hydrogen-bond donors (Lipinski definition) is 1. The minimum absolute atomic E-state index is 0.296. The first-order valence-corrected chi connectivity index (χ1v) is 8.39. The lowest BCUT2D eigenvalue weighted by molar-refractivity contribution is 0.0718. The van der Waals surface area contributed by atoms with Crippen LogP contribution >= 0.6 is 0 Å². The van der Waals surface area contributed by atoms with E-state index in [0.29, 0.717) is 41.4 Å². The van der Waals surface area contributed by atoms with E-state index in [-0.39, 0.29) is 6.10 Å². The number of benzene rings is 1. The second-order valence-electron chi connectivity index (χ2n) is 6.11. The summed E-state index contributed by atoms with van der Waals surface area (Å²) in [5, 5.41) is 6.86. The third kappa shape index (κ3) is 3.26. The van der Waals surface area contributed by atoms with Crippen LogP contribution in [0.4, 0.5) is 14.9 Å². The zero-order valence-electron chi connectivity index (χ0n) is 14.6. The molecular weight excluding hydrogens is 351 g/mol. The maximum absolute atomic E-state index is 14.9. The normalized spacial score (nSPS) is 16.6. The lowest BCUT2D eigenvalue weighted by Crippen LogP contribution is -2.25. The molecule has 4 rings (SSSR count). The summed E-state index contributed by atoms with van der Waals surface area (Å²) in [4.78, 5) is 17.7. The molecule has 3 aromatic rings. The topological polar surface area (TPSA) is 80.3 Å². The quantitative estimate of drug-likeness (QED) is 0.748. The fourth-order valence-corrected chi connectivity index (χ4v) is 3.09. The number of pyridine rings is 1. The number of rotatable bonds is 5. The first-order chi connectivity index (χ1) is 13.2. The summed E-state index contributed by atoms with van der Waals surface area (Å²) in [7, 11) is 1.54. The fourth-order valence-electron chi connectivity index (χ4n) is 3.09. The van der Waals surface area contributed by atoms with Crippen LogP contribution in [-0.4, -0.2) is 47.6 Å². The van der Waals surface area contributed by atoms with Crippen molar-refractivity contribution in [3.05, 3.63) is 54.6 Å². The highest BCUT2D eigenvalue weighted by Crippen LogP contribution is 2.33. The monoisotopic (exact) mass is 368 g/mol. The van der Waals surface area contributed by atoms with Crippen LogP contribution in [0.3, 0.4) is 0 Å². The minimum atomic E-state index is -0.514. The molecule has 1 fully saturated rings. The van der Waals surface area contributed by atoms with Crippen LogP contribution in [0.25, 0.3) is 22.5 Å². The number of ether oxygens (including phenoxy) is 2. The van der Waals surface area contributed by atoms with Gasteiger partial charge in [-0.15, -0.1) is 0 Å². The molecule has 0 spiro atoms. The number of aromatic amines is 1. The van der Waals surface area contributed by atoms with Gasteiger partial charge in [0.05, 0.1) is 36.4 Å². The third-order valence-corrected chi connectivity index (χ3v) is 4.34. The molecule has 3 heterocycles. The number of methoxy groups -OCH3 is 1. The predicted molar refractivity (Wildman–Crippen MR) is 96.7 cm³/mol. The Bertz CT molecular complexity index is 961. The molecule has 0 radical (unpaired) electrons. The summed E-state index contributed by atoms with van der Waals surface area (Å²) >= 11 is 0. The molecule has 27 heavy (non-hydrogen) atoms. The van der Waals surface area contributed by atoms with E-state index in [9.17, 15) is 9.18 Å². The summed E-state index contributed by atoms with van der Waals surface area (Å²) in [5.41, 5.74) is 2.69. The van der Waals surface area contributed by atoms with Crippen LogP contribution in [0.5, 0.6) is 0 Å². The van der Waals surface area contributed by atoms with Crippen LogP contribution in [0.2, 0.25) is 0 Å². The molecule has 1 saturated heterocycles. The zero-order chi connectivity index (χ0) is 18.8. The van der Waals surface area contributed by atoms with Gasteiger partial charge in [-0.3, -0.25) is 15.0 Å². The maximum Gasteiger partial charge on any atom is 0.414 e. The van der Waals surface area contributed by atoms with E-state index in [1.165, 1.54) is 18.1 Å². The van der Waals surface area contributed by atoms with Crippen LogP contribution in [0.15, 0.2) is 48.8 Å². The molecule has 0 bridgehead atoms. The van der Waals surface area contributed by atoms with Gasteiger partial charge in [0.1, 0.15) is 11.9 Å². The average molecular weight is 368 g/mol. The Morgan fingerprint density at radius 3 is 2.96 bits per heavy atom. The summed E-state index contributed by atoms with van der Waals surface area (Å²) < 4.78 is 25.1. The number of H-pyrrole nitrogens is 1. The molecule has 1 N–H and O–H groups in total. The molecule has 0 saturated carbocycles. The number of amides is 1. The standard InChI is InChI=1S/C19H17FN4O3/c1-26-11-13-10-24(19(25)27-13)12-5-6-14(16(20)8-12)18-15(9-22-23-18)17-4-2-3-7-21-17/h2-9,13H,10-11H2,1H3,(H,22,23). The van der Waals surface area contributed by atoms with E-state index >= 15 is 0 Å². The number of nitrogens with one attached hydrogen (secondary N) is 1.